The summed E-state index contributed by atoms with van der Waals surface area (Å²) in [4.78, 5) is 1.89. The molecule has 17 heavy (non-hydrogen) atoms. The first-order valence-electron chi connectivity index (χ1n) is 5.47. The normalized spacial score (nSPS) is 16.1. The Balaban J connectivity index is 2.21. The molecule has 0 aromatic heterocycles. The van der Waals surface area contributed by atoms with Crippen LogP contribution in [-0.2, 0) is 0 Å². The van der Waals surface area contributed by atoms with E-state index < -0.39 is 0 Å². The average Bonchev–Trinajstić information content (AvgIpc) is 2.34. The van der Waals surface area contributed by atoms with E-state index in [4.69, 9.17) is 0 Å². The molecular formula is C15H15NO. The van der Waals surface area contributed by atoms with Crippen LogP contribution in [0.15, 0.2) is 72.9 Å². The summed E-state index contributed by atoms with van der Waals surface area (Å²) in [6, 6.07) is 10.2. The SMILES string of the molecule is C=C1C=C(O)C=CN1/C=C(\C)c1ccccc1. The Morgan fingerprint density at radius 3 is 2.65 bits per heavy atom. The Bertz CT molecular complexity index is 509. The lowest BCUT2D eigenvalue weighted by Gasteiger charge is -2.20. The predicted molar refractivity (Wildman–Crippen MR) is 70.9 cm³/mol. The Labute approximate surface area is 102 Å². The number of allylic oxidation sites excluding steroid dienone is 3. The predicted octanol–water partition coefficient (Wildman–Crippen LogP) is 3.83. The van der Waals surface area contributed by atoms with Crippen LogP contribution in [0.2, 0.25) is 0 Å². The van der Waals surface area contributed by atoms with Crippen LogP contribution < -0.4 is 0 Å². The zero-order valence-electron chi connectivity index (χ0n) is 9.80. The third-order valence-corrected chi connectivity index (χ3v) is 2.61. The minimum atomic E-state index is 0.233. The number of hydrogen-bond acceptors (Lipinski definition) is 2. The molecular weight excluding hydrogens is 210 g/mol. The largest absolute Gasteiger partial charge is 0.508 e. The topological polar surface area (TPSA) is 23.5 Å². The van der Waals surface area contributed by atoms with Crippen LogP contribution in [0.5, 0.6) is 0 Å². The van der Waals surface area contributed by atoms with Crippen LogP contribution >= 0.6 is 0 Å². The summed E-state index contributed by atoms with van der Waals surface area (Å²) in [5, 5.41) is 9.31. The first kappa shape index (κ1) is 11.3. The first-order valence-corrected chi connectivity index (χ1v) is 5.47. The number of rotatable bonds is 2. The van der Waals surface area contributed by atoms with E-state index >= 15 is 0 Å². The van der Waals surface area contributed by atoms with E-state index in [0.29, 0.717) is 0 Å². The molecule has 0 radical (unpaired) electrons. The van der Waals surface area contributed by atoms with Gasteiger partial charge in [-0.15, -0.1) is 0 Å². The summed E-state index contributed by atoms with van der Waals surface area (Å²) < 4.78 is 0. The fraction of sp³-hybridized carbons (Fsp3) is 0.0667. The summed E-state index contributed by atoms with van der Waals surface area (Å²) in [5.74, 6) is 0.233. The van der Waals surface area contributed by atoms with Crippen molar-refractivity contribution in [2.75, 3.05) is 0 Å². The maximum Gasteiger partial charge on any atom is 0.119 e. The fourth-order valence-electron chi connectivity index (χ4n) is 1.66. The van der Waals surface area contributed by atoms with Crippen LogP contribution in [-0.4, -0.2) is 10.0 Å². The van der Waals surface area contributed by atoms with Gasteiger partial charge in [0.2, 0.25) is 0 Å². The van der Waals surface area contributed by atoms with Crippen LogP contribution in [0.3, 0.4) is 0 Å². The molecule has 0 atom stereocenters. The maximum atomic E-state index is 9.31. The van der Waals surface area contributed by atoms with Gasteiger partial charge in [-0.05, 0) is 24.1 Å². The molecule has 2 heteroatoms. The molecule has 2 rings (SSSR count). The zero-order chi connectivity index (χ0) is 12.3. The second kappa shape index (κ2) is 4.74. The molecule has 0 unspecified atom stereocenters. The molecule has 1 heterocycles. The van der Waals surface area contributed by atoms with E-state index in [0.717, 1.165) is 11.3 Å². The van der Waals surface area contributed by atoms with Crippen LogP contribution in [0.4, 0.5) is 0 Å². The smallest absolute Gasteiger partial charge is 0.119 e. The summed E-state index contributed by atoms with van der Waals surface area (Å²) in [6.45, 7) is 5.94. The Kier molecular flexibility index (Phi) is 3.15. The standard InChI is InChI=1S/C15H15NO/c1-12(14-6-4-3-5-7-14)11-16-9-8-15(17)10-13(16)2/h3-11,17H,2H2,1H3/b12-11+. The first-order chi connectivity index (χ1) is 8.16. The van der Waals surface area contributed by atoms with Gasteiger partial charge in [-0.25, -0.2) is 0 Å². The molecule has 0 fully saturated rings. The van der Waals surface area contributed by atoms with Gasteiger partial charge in [0.15, 0.2) is 0 Å². The van der Waals surface area contributed by atoms with Gasteiger partial charge in [0.05, 0.1) is 0 Å². The van der Waals surface area contributed by atoms with Crippen LogP contribution in [0, 0.1) is 0 Å². The van der Waals surface area contributed by atoms with E-state index in [1.165, 1.54) is 5.56 Å². The van der Waals surface area contributed by atoms with Crippen LogP contribution in [0.25, 0.3) is 5.57 Å². The van der Waals surface area contributed by atoms with Crippen molar-refractivity contribution < 1.29 is 5.11 Å². The van der Waals surface area contributed by atoms with Crippen molar-refractivity contribution in [1.29, 1.82) is 0 Å². The molecule has 1 aromatic rings. The molecule has 0 bridgehead atoms. The van der Waals surface area contributed by atoms with Gasteiger partial charge in [0.1, 0.15) is 5.76 Å². The van der Waals surface area contributed by atoms with E-state index in [9.17, 15) is 5.11 Å². The summed E-state index contributed by atoms with van der Waals surface area (Å²) in [5.41, 5.74) is 3.07. The highest BCUT2D eigenvalue weighted by molar-refractivity contribution is 5.63. The minimum Gasteiger partial charge on any atom is -0.508 e. The van der Waals surface area contributed by atoms with Crippen molar-refractivity contribution in [3.8, 4) is 0 Å². The molecule has 0 spiro atoms. The number of hydrogen-bond donors (Lipinski definition) is 1. The molecule has 0 amide bonds. The summed E-state index contributed by atoms with van der Waals surface area (Å²) >= 11 is 0. The molecule has 0 saturated heterocycles. The van der Waals surface area contributed by atoms with Crippen molar-refractivity contribution in [1.82, 2.24) is 4.90 Å². The van der Waals surface area contributed by atoms with E-state index in [-0.39, 0.29) is 5.76 Å². The highest BCUT2D eigenvalue weighted by atomic mass is 16.3. The van der Waals surface area contributed by atoms with E-state index in [1.807, 2.05) is 29.3 Å². The summed E-state index contributed by atoms with van der Waals surface area (Å²) in [7, 11) is 0. The lowest BCUT2D eigenvalue weighted by atomic mass is 10.1. The molecule has 1 aliphatic heterocycles. The Morgan fingerprint density at radius 2 is 2.00 bits per heavy atom. The molecule has 1 aliphatic rings. The monoisotopic (exact) mass is 225 g/mol. The minimum absolute atomic E-state index is 0.233. The fourth-order valence-corrected chi connectivity index (χ4v) is 1.66. The third-order valence-electron chi connectivity index (χ3n) is 2.61. The highest BCUT2D eigenvalue weighted by Gasteiger charge is 2.06. The molecule has 0 saturated carbocycles. The van der Waals surface area contributed by atoms with Crippen molar-refractivity contribution in [2.45, 2.75) is 6.92 Å². The third kappa shape index (κ3) is 2.67. The van der Waals surface area contributed by atoms with Crippen molar-refractivity contribution in [3.05, 3.63) is 78.5 Å². The lowest BCUT2D eigenvalue weighted by molar-refractivity contribution is 0.423. The van der Waals surface area contributed by atoms with Gasteiger partial charge in [-0.3, -0.25) is 0 Å². The molecule has 86 valence electrons. The number of benzene rings is 1. The van der Waals surface area contributed by atoms with Crippen molar-refractivity contribution >= 4 is 5.57 Å². The molecule has 2 nitrogen and oxygen atoms in total. The second-order valence-electron chi connectivity index (χ2n) is 3.96. The van der Waals surface area contributed by atoms with Gasteiger partial charge >= 0.3 is 0 Å². The highest BCUT2D eigenvalue weighted by Crippen LogP contribution is 2.19. The molecule has 0 aliphatic carbocycles. The van der Waals surface area contributed by atoms with E-state index in [2.05, 4.69) is 25.6 Å². The molecule has 1 aromatic carbocycles. The Morgan fingerprint density at radius 1 is 1.29 bits per heavy atom. The maximum absolute atomic E-state index is 9.31. The van der Waals surface area contributed by atoms with Gasteiger partial charge in [-0.2, -0.15) is 0 Å². The van der Waals surface area contributed by atoms with E-state index in [1.54, 1.807) is 18.4 Å². The van der Waals surface area contributed by atoms with Gasteiger partial charge in [0.25, 0.3) is 0 Å². The molecule has 1 N–H and O–H groups in total. The van der Waals surface area contributed by atoms with Gasteiger partial charge in [-0.1, -0.05) is 36.9 Å². The zero-order valence-corrected chi connectivity index (χ0v) is 9.80. The Hall–Kier alpha value is -2.22. The second-order valence-corrected chi connectivity index (χ2v) is 3.96. The van der Waals surface area contributed by atoms with Crippen molar-refractivity contribution in [2.24, 2.45) is 0 Å². The van der Waals surface area contributed by atoms with Crippen molar-refractivity contribution in [3.63, 3.8) is 0 Å². The van der Waals surface area contributed by atoms with Crippen LogP contribution in [0.1, 0.15) is 12.5 Å². The number of nitrogens with zero attached hydrogens (tertiary/aromatic N) is 1. The van der Waals surface area contributed by atoms with Gasteiger partial charge in [0, 0.05) is 24.2 Å². The quantitative estimate of drug-likeness (QED) is 0.826. The number of aliphatic hydroxyl groups is 1. The average molecular weight is 225 g/mol. The van der Waals surface area contributed by atoms with Gasteiger partial charge < -0.3 is 10.0 Å². The number of aliphatic hydroxyl groups excluding tert-OH is 1. The summed E-state index contributed by atoms with van der Waals surface area (Å²) in [6.07, 6.45) is 7.07. The lowest BCUT2D eigenvalue weighted by Crippen LogP contribution is -2.10.